The molecule has 1 amide bonds. The molecule has 0 spiro atoms. The third kappa shape index (κ3) is 2.77. The molecule has 1 aliphatic rings. The van der Waals surface area contributed by atoms with Crippen LogP contribution in [0.25, 0.3) is 0 Å². The number of nitrogens with zero attached hydrogens (tertiary/aromatic N) is 1. The second-order valence-corrected chi connectivity index (χ2v) is 4.35. The van der Waals surface area contributed by atoms with Crippen molar-refractivity contribution in [2.45, 2.75) is 18.9 Å². The van der Waals surface area contributed by atoms with Crippen LogP contribution in [0.15, 0.2) is 24.3 Å². The Labute approximate surface area is 102 Å². The number of rotatable bonds is 2. The van der Waals surface area contributed by atoms with E-state index in [0.29, 0.717) is 11.8 Å². The van der Waals surface area contributed by atoms with Crippen molar-refractivity contribution in [1.82, 2.24) is 10.2 Å². The van der Waals surface area contributed by atoms with Gasteiger partial charge in [-0.25, -0.2) is 4.79 Å². The minimum Gasteiger partial charge on any atom is -0.410 e. The Balaban J connectivity index is 2.13. The molecule has 1 fully saturated rings. The molecule has 92 valence electrons. The SMILES string of the molecule is CNC(=O)Oc1cccc(C2CCCN2C)c1. The third-order valence-electron chi connectivity index (χ3n) is 3.18. The number of carbonyl (C=O) groups excluding carboxylic acids is 1. The fourth-order valence-corrected chi connectivity index (χ4v) is 2.27. The molecular formula is C13H18N2O2. The van der Waals surface area contributed by atoms with Gasteiger partial charge in [-0.1, -0.05) is 12.1 Å². The van der Waals surface area contributed by atoms with E-state index in [0.717, 1.165) is 6.54 Å². The standard InChI is InChI=1S/C13H18N2O2/c1-14-13(16)17-11-6-3-5-10(9-11)12-7-4-8-15(12)2/h3,5-6,9,12H,4,7-8H2,1-2H3,(H,14,16). The lowest BCUT2D eigenvalue weighted by atomic mass is 10.0. The topological polar surface area (TPSA) is 41.6 Å². The van der Waals surface area contributed by atoms with Crippen LogP contribution in [0.4, 0.5) is 4.79 Å². The van der Waals surface area contributed by atoms with Gasteiger partial charge < -0.3 is 10.1 Å². The van der Waals surface area contributed by atoms with Crippen LogP contribution in [0.1, 0.15) is 24.4 Å². The maximum absolute atomic E-state index is 11.1. The first kappa shape index (κ1) is 11.9. The quantitative estimate of drug-likeness (QED) is 0.852. The van der Waals surface area contributed by atoms with Gasteiger partial charge in [-0.3, -0.25) is 4.90 Å². The first-order chi connectivity index (χ1) is 8.20. The van der Waals surface area contributed by atoms with Gasteiger partial charge >= 0.3 is 6.09 Å². The lowest BCUT2D eigenvalue weighted by Crippen LogP contribution is -2.22. The van der Waals surface area contributed by atoms with Crippen molar-refractivity contribution in [3.05, 3.63) is 29.8 Å². The molecule has 0 bridgehead atoms. The molecule has 1 aromatic rings. The minimum atomic E-state index is -0.429. The normalized spacial score (nSPS) is 20.2. The predicted octanol–water partition coefficient (Wildman–Crippen LogP) is 2.17. The van der Waals surface area contributed by atoms with Crippen LogP contribution in [0.3, 0.4) is 0 Å². The first-order valence-electron chi connectivity index (χ1n) is 5.90. The Morgan fingerprint density at radius 2 is 2.35 bits per heavy atom. The van der Waals surface area contributed by atoms with Crippen molar-refractivity contribution in [3.8, 4) is 5.75 Å². The van der Waals surface area contributed by atoms with E-state index in [1.54, 1.807) is 13.1 Å². The van der Waals surface area contributed by atoms with Gasteiger partial charge in [-0.2, -0.15) is 0 Å². The second kappa shape index (κ2) is 5.19. The zero-order chi connectivity index (χ0) is 12.3. The number of nitrogens with one attached hydrogen (secondary N) is 1. The molecule has 1 heterocycles. The van der Waals surface area contributed by atoms with Crippen molar-refractivity contribution in [2.24, 2.45) is 0 Å². The number of hydrogen-bond donors (Lipinski definition) is 1. The molecule has 1 saturated heterocycles. The van der Waals surface area contributed by atoms with Crippen LogP contribution in [-0.4, -0.2) is 31.6 Å². The molecule has 4 nitrogen and oxygen atoms in total. The van der Waals surface area contributed by atoms with Gasteiger partial charge in [0.15, 0.2) is 0 Å². The van der Waals surface area contributed by atoms with Crippen molar-refractivity contribution in [1.29, 1.82) is 0 Å². The van der Waals surface area contributed by atoms with E-state index in [2.05, 4.69) is 23.3 Å². The van der Waals surface area contributed by atoms with Gasteiger partial charge in [-0.15, -0.1) is 0 Å². The van der Waals surface area contributed by atoms with Gasteiger partial charge in [0.25, 0.3) is 0 Å². The Morgan fingerprint density at radius 1 is 1.53 bits per heavy atom. The molecule has 17 heavy (non-hydrogen) atoms. The van der Waals surface area contributed by atoms with Gasteiger partial charge in [-0.05, 0) is 44.1 Å². The highest BCUT2D eigenvalue weighted by Crippen LogP contribution is 2.31. The van der Waals surface area contributed by atoms with E-state index in [4.69, 9.17) is 4.74 Å². The zero-order valence-corrected chi connectivity index (χ0v) is 10.3. The monoisotopic (exact) mass is 234 g/mol. The fourth-order valence-electron chi connectivity index (χ4n) is 2.27. The van der Waals surface area contributed by atoms with Crippen molar-refractivity contribution < 1.29 is 9.53 Å². The smallest absolute Gasteiger partial charge is 0.410 e. The van der Waals surface area contributed by atoms with Crippen molar-refractivity contribution >= 4 is 6.09 Å². The summed E-state index contributed by atoms with van der Waals surface area (Å²) in [7, 11) is 3.68. The molecule has 4 heteroatoms. The zero-order valence-electron chi connectivity index (χ0n) is 10.3. The summed E-state index contributed by atoms with van der Waals surface area (Å²) in [6, 6.07) is 8.21. The van der Waals surface area contributed by atoms with Gasteiger partial charge in [0.1, 0.15) is 5.75 Å². The summed E-state index contributed by atoms with van der Waals surface area (Å²) in [4.78, 5) is 13.5. The lowest BCUT2D eigenvalue weighted by molar-refractivity contribution is 0.203. The Morgan fingerprint density at radius 3 is 3.00 bits per heavy atom. The molecule has 0 aromatic heterocycles. The number of ether oxygens (including phenoxy) is 1. The predicted molar refractivity (Wildman–Crippen MR) is 66.1 cm³/mol. The van der Waals surface area contributed by atoms with Gasteiger partial charge in [0, 0.05) is 13.1 Å². The van der Waals surface area contributed by atoms with E-state index in [1.807, 2.05) is 12.1 Å². The van der Waals surface area contributed by atoms with E-state index in [1.165, 1.54) is 18.4 Å². The summed E-state index contributed by atoms with van der Waals surface area (Å²) >= 11 is 0. The van der Waals surface area contributed by atoms with Crippen LogP contribution in [0, 0.1) is 0 Å². The highest BCUT2D eigenvalue weighted by Gasteiger charge is 2.22. The van der Waals surface area contributed by atoms with Crippen LogP contribution < -0.4 is 10.1 Å². The van der Waals surface area contributed by atoms with E-state index in [9.17, 15) is 4.79 Å². The Hall–Kier alpha value is -1.55. The van der Waals surface area contributed by atoms with E-state index < -0.39 is 6.09 Å². The molecule has 1 unspecified atom stereocenters. The van der Waals surface area contributed by atoms with E-state index >= 15 is 0 Å². The number of amides is 1. The second-order valence-electron chi connectivity index (χ2n) is 4.35. The molecule has 1 atom stereocenters. The molecule has 1 N–H and O–H groups in total. The summed E-state index contributed by atoms with van der Waals surface area (Å²) in [6.07, 6.45) is 1.96. The molecular weight excluding hydrogens is 216 g/mol. The molecule has 0 saturated carbocycles. The van der Waals surface area contributed by atoms with Crippen LogP contribution >= 0.6 is 0 Å². The molecule has 2 rings (SSSR count). The number of likely N-dealkylation sites (tertiary alicyclic amines) is 1. The number of hydrogen-bond acceptors (Lipinski definition) is 3. The highest BCUT2D eigenvalue weighted by molar-refractivity contribution is 5.69. The van der Waals surface area contributed by atoms with Crippen LogP contribution in [0.2, 0.25) is 0 Å². The number of benzene rings is 1. The summed E-state index contributed by atoms with van der Waals surface area (Å²) in [5, 5.41) is 2.44. The average molecular weight is 234 g/mol. The third-order valence-corrected chi connectivity index (χ3v) is 3.18. The fraction of sp³-hybridized carbons (Fsp3) is 0.462. The van der Waals surface area contributed by atoms with Crippen LogP contribution in [-0.2, 0) is 0 Å². The maximum Gasteiger partial charge on any atom is 0.412 e. The largest absolute Gasteiger partial charge is 0.412 e. The summed E-state index contributed by atoms with van der Waals surface area (Å²) in [5.41, 5.74) is 1.21. The molecule has 0 aliphatic carbocycles. The van der Waals surface area contributed by atoms with Gasteiger partial charge in [0.2, 0.25) is 0 Å². The summed E-state index contributed by atoms with van der Waals surface area (Å²) in [5.74, 6) is 0.599. The van der Waals surface area contributed by atoms with Gasteiger partial charge in [0.05, 0.1) is 0 Å². The first-order valence-corrected chi connectivity index (χ1v) is 5.90. The minimum absolute atomic E-state index is 0.429. The molecule has 0 radical (unpaired) electrons. The van der Waals surface area contributed by atoms with Crippen molar-refractivity contribution in [3.63, 3.8) is 0 Å². The Kier molecular flexibility index (Phi) is 3.64. The highest BCUT2D eigenvalue weighted by atomic mass is 16.5. The summed E-state index contributed by atoms with van der Waals surface area (Å²) < 4.78 is 5.13. The number of carbonyl (C=O) groups is 1. The summed E-state index contributed by atoms with van der Waals surface area (Å²) in [6.45, 7) is 1.13. The van der Waals surface area contributed by atoms with Crippen LogP contribution in [0.5, 0.6) is 5.75 Å². The van der Waals surface area contributed by atoms with Crippen molar-refractivity contribution in [2.75, 3.05) is 20.6 Å². The molecule has 1 aliphatic heterocycles. The maximum atomic E-state index is 11.1. The Bertz CT molecular complexity index is 406. The average Bonchev–Trinajstić information content (AvgIpc) is 2.75. The van der Waals surface area contributed by atoms with E-state index in [-0.39, 0.29) is 0 Å². The lowest BCUT2D eigenvalue weighted by Gasteiger charge is -2.20. The molecule has 1 aromatic carbocycles.